The summed E-state index contributed by atoms with van der Waals surface area (Å²) in [6.45, 7) is 5.71. The molecule has 0 atom stereocenters. The monoisotopic (exact) mass is 220 g/mol. The Hall–Kier alpha value is -0.900. The molecule has 16 heavy (non-hydrogen) atoms. The highest BCUT2D eigenvalue weighted by atomic mass is 16.2. The van der Waals surface area contributed by atoms with Crippen molar-refractivity contribution in [1.29, 1.82) is 0 Å². The summed E-state index contributed by atoms with van der Waals surface area (Å²) in [4.78, 5) is 2.47. The Bertz CT molecular complexity index is 321. The van der Waals surface area contributed by atoms with Gasteiger partial charge in [-0.2, -0.15) is 0 Å². The molecule has 1 saturated heterocycles. The predicted molar refractivity (Wildman–Crippen MR) is 65.4 cm³/mol. The van der Waals surface area contributed by atoms with Gasteiger partial charge in [-0.3, -0.25) is 4.90 Å². The molecule has 1 aromatic carbocycles. The maximum Gasteiger partial charge on any atom is 0.0471 e. The van der Waals surface area contributed by atoms with Crippen LogP contribution in [0.5, 0.6) is 0 Å². The fourth-order valence-corrected chi connectivity index (χ4v) is 2.14. The van der Waals surface area contributed by atoms with Crippen LogP contribution in [0.15, 0.2) is 24.3 Å². The van der Waals surface area contributed by atoms with Crippen molar-refractivity contribution in [2.45, 2.75) is 13.0 Å². The fourth-order valence-electron chi connectivity index (χ4n) is 2.14. The molecular weight excluding hydrogens is 200 g/mol. The highest BCUT2D eigenvalue weighted by Crippen LogP contribution is 2.09. The third kappa shape index (κ3) is 3.30. The van der Waals surface area contributed by atoms with E-state index < -0.39 is 0 Å². The minimum absolute atomic E-state index is 0.233. The number of nitrogens with one attached hydrogen (secondary N) is 1. The zero-order valence-electron chi connectivity index (χ0n) is 9.65. The van der Waals surface area contributed by atoms with Crippen molar-refractivity contribution in [3.8, 4) is 0 Å². The number of hydrogen-bond acceptors (Lipinski definition) is 3. The van der Waals surface area contributed by atoms with Crippen molar-refractivity contribution in [2.24, 2.45) is 0 Å². The third-order valence-corrected chi connectivity index (χ3v) is 3.01. The van der Waals surface area contributed by atoms with Crippen LogP contribution < -0.4 is 5.32 Å². The molecule has 1 heterocycles. The van der Waals surface area contributed by atoms with Crippen molar-refractivity contribution in [3.05, 3.63) is 35.4 Å². The summed E-state index contributed by atoms with van der Waals surface area (Å²) in [5, 5.41) is 12.3. The predicted octanol–water partition coefficient (Wildman–Crippen LogP) is 0.627. The summed E-state index contributed by atoms with van der Waals surface area (Å²) < 4.78 is 0. The lowest BCUT2D eigenvalue weighted by Gasteiger charge is -2.27. The van der Waals surface area contributed by atoms with E-state index in [2.05, 4.69) is 34.5 Å². The fraction of sp³-hybridized carbons (Fsp3) is 0.538. The molecule has 0 spiro atoms. The lowest BCUT2D eigenvalue weighted by Crippen LogP contribution is -2.42. The van der Waals surface area contributed by atoms with E-state index in [4.69, 9.17) is 5.11 Å². The summed E-state index contributed by atoms with van der Waals surface area (Å²) in [5.41, 5.74) is 2.59. The van der Waals surface area contributed by atoms with Crippen LogP contribution in [0.25, 0.3) is 0 Å². The second-order valence-electron chi connectivity index (χ2n) is 4.32. The first-order valence-electron chi connectivity index (χ1n) is 6.00. The molecule has 0 radical (unpaired) electrons. The van der Waals surface area contributed by atoms with Crippen LogP contribution in [0.1, 0.15) is 11.1 Å². The summed E-state index contributed by atoms with van der Waals surface area (Å²) in [5.74, 6) is 0. The standard InChI is InChI=1S/C13H20N2O/c16-9-4-12-2-1-3-13(10-12)11-15-7-5-14-6-8-15/h1-3,10,14,16H,4-9,11H2. The minimum atomic E-state index is 0.233. The second-order valence-corrected chi connectivity index (χ2v) is 4.32. The van der Waals surface area contributed by atoms with Gasteiger partial charge in [-0.25, -0.2) is 0 Å². The lowest BCUT2D eigenvalue weighted by atomic mass is 10.1. The first-order chi connectivity index (χ1) is 7.88. The molecule has 1 aliphatic heterocycles. The summed E-state index contributed by atoms with van der Waals surface area (Å²) in [6, 6.07) is 8.54. The van der Waals surface area contributed by atoms with Gasteiger partial charge in [0.15, 0.2) is 0 Å². The number of nitrogens with zero attached hydrogens (tertiary/aromatic N) is 1. The van der Waals surface area contributed by atoms with Crippen molar-refractivity contribution in [2.75, 3.05) is 32.8 Å². The quantitative estimate of drug-likeness (QED) is 0.781. The van der Waals surface area contributed by atoms with Gasteiger partial charge in [-0.05, 0) is 17.5 Å². The molecule has 0 amide bonds. The van der Waals surface area contributed by atoms with Gasteiger partial charge in [0.2, 0.25) is 0 Å². The van der Waals surface area contributed by atoms with Crippen LogP contribution >= 0.6 is 0 Å². The van der Waals surface area contributed by atoms with Gasteiger partial charge in [0.25, 0.3) is 0 Å². The molecule has 1 aliphatic rings. The van der Waals surface area contributed by atoms with Gasteiger partial charge in [0.05, 0.1) is 0 Å². The molecule has 2 N–H and O–H groups in total. The molecule has 0 unspecified atom stereocenters. The molecule has 0 saturated carbocycles. The smallest absolute Gasteiger partial charge is 0.0471 e. The second kappa shape index (κ2) is 5.99. The van der Waals surface area contributed by atoms with E-state index in [0.717, 1.165) is 39.1 Å². The summed E-state index contributed by atoms with van der Waals surface area (Å²) in [7, 11) is 0. The molecular formula is C13H20N2O. The van der Waals surface area contributed by atoms with E-state index in [1.807, 2.05) is 0 Å². The molecule has 2 rings (SSSR count). The van der Waals surface area contributed by atoms with E-state index in [9.17, 15) is 0 Å². The number of benzene rings is 1. The lowest BCUT2D eigenvalue weighted by molar-refractivity contribution is 0.233. The van der Waals surface area contributed by atoms with E-state index in [1.54, 1.807) is 0 Å². The summed E-state index contributed by atoms with van der Waals surface area (Å²) >= 11 is 0. The SMILES string of the molecule is OCCc1cccc(CN2CCNCC2)c1. The van der Waals surface area contributed by atoms with Crippen LogP contribution in [0, 0.1) is 0 Å². The van der Waals surface area contributed by atoms with Gasteiger partial charge < -0.3 is 10.4 Å². The van der Waals surface area contributed by atoms with Crippen molar-refractivity contribution >= 4 is 0 Å². The zero-order valence-corrected chi connectivity index (χ0v) is 9.65. The first kappa shape index (κ1) is 11.6. The zero-order chi connectivity index (χ0) is 11.2. The average Bonchev–Trinajstić information content (AvgIpc) is 2.31. The highest BCUT2D eigenvalue weighted by molar-refractivity contribution is 5.23. The number of piperazine rings is 1. The molecule has 1 aromatic rings. The Morgan fingerprint density at radius 2 is 1.94 bits per heavy atom. The van der Waals surface area contributed by atoms with Crippen LogP contribution in [0.3, 0.4) is 0 Å². The van der Waals surface area contributed by atoms with Crippen molar-refractivity contribution in [1.82, 2.24) is 10.2 Å². The molecule has 0 aliphatic carbocycles. The van der Waals surface area contributed by atoms with E-state index in [1.165, 1.54) is 11.1 Å². The van der Waals surface area contributed by atoms with Crippen molar-refractivity contribution in [3.63, 3.8) is 0 Å². The summed E-state index contributed by atoms with van der Waals surface area (Å²) in [6.07, 6.45) is 0.759. The molecule has 0 aromatic heterocycles. The van der Waals surface area contributed by atoms with Crippen LogP contribution in [0.2, 0.25) is 0 Å². The number of rotatable bonds is 4. The number of hydrogen-bond donors (Lipinski definition) is 2. The first-order valence-corrected chi connectivity index (χ1v) is 6.00. The molecule has 88 valence electrons. The average molecular weight is 220 g/mol. The topological polar surface area (TPSA) is 35.5 Å². The van der Waals surface area contributed by atoms with Gasteiger partial charge in [0, 0.05) is 39.3 Å². The normalized spacial score (nSPS) is 17.6. The molecule has 0 bridgehead atoms. The van der Waals surface area contributed by atoms with Gasteiger partial charge in [-0.1, -0.05) is 24.3 Å². The van der Waals surface area contributed by atoms with Crippen LogP contribution in [-0.2, 0) is 13.0 Å². The Morgan fingerprint density at radius 3 is 2.69 bits per heavy atom. The Balaban J connectivity index is 1.94. The Labute approximate surface area is 97.1 Å². The van der Waals surface area contributed by atoms with E-state index in [-0.39, 0.29) is 6.61 Å². The number of aliphatic hydroxyl groups excluding tert-OH is 1. The number of aliphatic hydroxyl groups is 1. The Kier molecular flexibility index (Phi) is 4.34. The van der Waals surface area contributed by atoms with Gasteiger partial charge >= 0.3 is 0 Å². The van der Waals surface area contributed by atoms with Gasteiger partial charge in [0.1, 0.15) is 0 Å². The molecule has 3 nitrogen and oxygen atoms in total. The largest absolute Gasteiger partial charge is 0.396 e. The van der Waals surface area contributed by atoms with Crippen LogP contribution in [0.4, 0.5) is 0 Å². The molecule has 3 heteroatoms. The van der Waals surface area contributed by atoms with Gasteiger partial charge in [-0.15, -0.1) is 0 Å². The maximum atomic E-state index is 8.91. The third-order valence-electron chi connectivity index (χ3n) is 3.01. The highest BCUT2D eigenvalue weighted by Gasteiger charge is 2.09. The van der Waals surface area contributed by atoms with Crippen molar-refractivity contribution < 1.29 is 5.11 Å². The Morgan fingerprint density at radius 1 is 1.19 bits per heavy atom. The molecule has 1 fully saturated rings. The maximum absolute atomic E-state index is 8.91. The van der Waals surface area contributed by atoms with Crippen LogP contribution in [-0.4, -0.2) is 42.8 Å². The minimum Gasteiger partial charge on any atom is -0.396 e. The van der Waals surface area contributed by atoms with E-state index in [0.29, 0.717) is 0 Å². The van der Waals surface area contributed by atoms with E-state index >= 15 is 0 Å².